The fraction of sp³-hybridized carbons (Fsp3) is 0.333. The lowest BCUT2D eigenvalue weighted by atomic mass is 10.1. The van der Waals surface area contributed by atoms with E-state index >= 15 is 0 Å². The molecule has 0 saturated carbocycles. The zero-order valence-electron chi connectivity index (χ0n) is 16.9. The average molecular weight is 412 g/mol. The van der Waals surface area contributed by atoms with Crippen LogP contribution in [-0.4, -0.2) is 54.9 Å². The van der Waals surface area contributed by atoms with Gasteiger partial charge in [-0.3, -0.25) is 30.2 Å². The number of likely N-dealkylation sites (tertiary alicyclic amines) is 1. The molecule has 1 saturated heterocycles. The summed E-state index contributed by atoms with van der Waals surface area (Å²) < 4.78 is 10.5. The van der Waals surface area contributed by atoms with E-state index in [1.54, 1.807) is 31.3 Å². The molecule has 9 heteroatoms. The molecule has 1 atom stereocenters. The summed E-state index contributed by atoms with van der Waals surface area (Å²) in [5.41, 5.74) is 5.90. The van der Waals surface area contributed by atoms with E-state index in [9.17, 15) is 14.4 Å². The lowest BCUT2D eigenvalue weighted by Crippen LogP contribution is -2.45. The van der Waals surface area contributed by atoms with Crippen LogP contribution in [-0.2, 0) is 16.0 Å². The fourth-order valence-electron chi connectivity index (χ4n) is 3.25. The van der Waals surface area contributed by atoms with Crippen LogP contribution in [0.5, 0.6) is 11.5 Å². The maximum absolute atomic E-state index is 12.3. The highest BCUT2D eigenvalue weighted by molar-refractivity contribution is 5.95. The third kappa shape index (κ3) is 5.05. The number of rotatable bonds is 7. The highest BCUT2D eigenvalue weighted by atomic mass is 16.5. The van der Waals surface area contributed by atoms with Gasteiger partial charge in [-0.2, -0.15) is 0 Å². The van der Waals surface area contributed by atoms with Gasteiger partial charge in [-0.25, -0.2) is 0 Å². The van der Waals surface area contributed by atoms with Crippen LogP contribution in [0.2, 0.25) is 0 Å². The van der Waals surface area contributed by atoms with Crippen LogP contribution in [0.3, 0.4) is 0 Å². The van der Waals surface area contributed by atoms with Gasteiger partial charge in [0.15, 0.2) is 11.5 Å². The van der Waals surface area contributed by atoms with E-state index < -0.39 is 17.7 Å². The van der Waals surface area contributed by atoms with Gasteiger partial charge in [0.2, 0.25) is 11.8 Å². The Kier molecular flexibility index (Phi) is 6.84. The minimum atomic E-state index is -0.521. The number of nitrogens with zero attached hydrogens (tertiary/aromatic N) is 2. The van der Waals surface area contributed by atoms with Gasteiger partial charge < -0.3 is 14.4 Å². The molecule has 1 aliphatic rings. The van der Waals surface area contributed by atoms with Gasteiger partial charge in [0.05, 0.1) is 20.1 Å². The van der Waals surface area contributed by atoms with E-state index in [1.807, 2.05) is 18.2 Å². The Morgan fingerprint density at radius 1 is 1.13 bits per heavy atom. The van der Waals surface area contributed by atoms with E-state index in [0.29, 0.717) is 31.0 Å². The highest BCUT2D eigenvalue weighted by Crippen LogP contribution is 2.28. The van der Waals surface area contributed by atoms with E-state index in [0.717, 1.165) is 5.56 Å². The molecule has 0 radical (unpaired) electrons. The molecule has 0 spiro atoms. The number of ether oxygens (including phenoxy) is 2. The summed E-state index contributed by atoms with van der Waals surface area (Å²) in [7, 11) is 3.14. The van der Waals surface area contributed by atoms with Crippen LogP contribution in [0.25, 0.3) is 0 Å². The number of nitrogens with one attached hydrogen (secondary N) is 2. The van der Waals surface area contributed by atoms with Crippen molar-refractivity contribution in [2.75, 3.05) is 27.3 Å². The van der Waals surface area contributed by atoms with Gasteiger partial charge in [-0.15, -0.1) is 0 Å². The summed E-state index contributed by atoms with van der Waals surface area (Å²) in [6.07, 6.45) is 2.22. The number of hydrazine groups is 1. The van der Waals surface area contributed by atoms with Gasteiger partial charge >= 0.3 is 0 Å². The van der Waals surface area contributed by atoms with Crippen molar-refractivity contribution in [1.82, 2.24) is 20.7 Å². The van der Waals surface area contributed by atoms with Gasteiger partial charge in [0.25, 0.3) is 5.91 Å². The number of aromatic nitrogens is 1. The Hall–Kier alpha value is -3.62. The number of methoxy groups -OCH3 is 2. The summed E-state index contributed by atoms with van der Waals surface area (Å²) in [6, 6.07) is 10.5. The van der Waals surface area contributed by atoms with Crippen LogP contribution in [0.15, 0.2) is 42.6 Å². The molecule has 0 bridgehead atoms. The maximum Gasteiger partial charge on any atom is 0.288 e. The van der Waals surface area contributed by atoms with Gasteiger partial charge in [-0.1, -0.05) is 12.1 Å². The summed E-state index contributed by atoms with van der Waals surface area (Å²) in [6.45, 7) is 0.788. The van der Waals surface area contributed by atoms with E-state index in [-0.39, 0.29) is 18.0 Å². The predicted molar refractivity (Wildman–Crippen MR) is 108 cm³/mol. The molecular formula is C21H24N4O5. The smallest absolute Gasteiger partial charge is 0.288 e. The molecule has 2 N–H and O–H groups in total. The first-order valence-corrected chi connectivity index (χ1v) is 9.51. The number of hydrogen-bond acceptors (Lipinski definition) is 6. The molecule has 30 heavy (non-hydrogen) atoms. The summed E-state index contributed by atoms with van der Waals surface area (Å²) in [4.78, 5) is 42.2. The molecule has 158 valence electrons. The molecule has 1 aliphatic heterocycles. The Morgan fingerprint density at radius 3 is 2.63 bits per heavy atom. The molecule has 1 aromatic carbocycles. The number of carbonyl (C=O) groups is 3. The van der Waals surface area contributed by atoms with Crippen molar-refractivity contribution in [3.63, 3.8) is 0 Å². The topological polar surface area (TPSA) is 110 Å². The van der Waals surface area contributed by atoms with Crippen molar-refractivity contribution >= 4 is 17.7 Å². The van der Waals surface area contributed by atoms with Crippen LogP contribution >= 0.6 is 0 Å². The minimum Gasteiger partial charge on any atom is -0.493 e. The standard InChI is InChI=1S/C21H24N4O5/c1-29-17-7-6-14(11-18(17)30-2)8-10-25-13-15(12-19(25)26)20(27)23-24-21(28)16-5-3-4-9-22-16/h3-7,9,11,15H,8,10,12-13H2,1-2H3,(H,23,27)(H,24,28)/t15-/m0/s1. The average Bonchev–Trinajstić information content (AvgIpc) is 3.16. The number of hydrogen-bond donors (Lipinski definition) is 2. The first-order chi connectivity index (χ1) is 14.5. The molecular weight excluding hydrogens is 388 g/mol. The molecule has 2 aromatic rings. The number of pyridine rings is 1. The SMILES string of the molecule is COc1ccc(CCN2C[C@@H](C(=O)NNC(=O)c3ccccn3)CC2=O)cc1OC. The zero-order valence-corrected chi connectivity index (χ0v) is 16.9. The van der Waals surface area contributed by atoms with Crippen LogP contribution in [0.4, 0.5) is 0 Å². The molecule has 9 nitrogen and oxygen atoms in total. The normalized spacial score (nSPS) is 15.6. The van der Waals surface area contributed by atoms with Crippen molar-refractivity contribution in [3.8, 4) is 11.5 Å². The molecule has 2 heterocycles. The zero-order chi connectivity index (χ0) is 21.5. The fourth-order valence-corrected chi connectivity index (χ4v) is 3.25. The monoisotopic (exact) mass is 412 g/mol. The Labute approximate surface area is 174 Å². The second-order valence-corrected chi connectivity index (χ2v) is 6.84. The number of carbonyl (C=O) groups excluding carboxylic acids is 3. The molecule has 0 unspecified atom stereocenters. The second-order valence-electron chi connectivity index (χ2n) is 6.84. The Morgan fingerprint density at radius 2 is 1.93 bits per heavy atom. The lowest BCUT2D eigenvalue weighted by molar-refractivity contribution is -0.129. The molecule has 1 fully saturated rings. The lowest BCUT2D eigenvalue weighted by Gasteiger charge is -2.17. The highest BCUT2D eigenvalue weighted by Gasteiger charge is 2.34. The summed E-state index contributed by atoms with van der Waals surface area (Å²) in [5.74, 6) is -0.259. The van der Waals surface area contributed by atoms with E-state index in [2.05, 4.69) is 15.8 Å². The van der Waals surface area contributed by atoms with E-state index in [1.165, 1.54) is 12.3 Å². The summed E-state index contributed by atoms with van der Waals surface area (Å²) in [5, 5.41) is 0. The van der Waals surface area contributed by atoms with Gasteiger partial charge in [-0.05, 0) is 36.2 Å². The third-order valence-electron chi connectivity index (χ3n) is 4.90. The first kappa shape index (κ1) is 21.1. The predicted octanol–water partition coefficient (Wildman–Crippen LogP) is 0.951. The van der Waals surface area contributed by atoms with Crippen LogP contribution < -0.4 is 20.3 Å². The van der Waals surface area contributed by atoms with Gasteiger partial charge in [0, 0.05) is 25.7 Å². The molecule has 3 rings (SSSR count). The van der Waals surface area contributed by atoms with Crippen LogP contribution in [0, 0.1) is 5.92 Å². The van der Waals surface area contributed by atoms with Crippen LogP contribution in [0.1, 0.15) is 22.5 Å². The second kappa shape index (κ2) is 9.73. The Balaban J connectivity index is 1.49. The maximum atomic E-state index is 12.3. The largest absolute Gasteiger partial charge is 0.493 e. The van der Waals surface area contributed by atoms with E-state index in [4.69, 9.17) is 9.47 Å². The quantitative estimate of drug-likeness (QED) is 0.656. The van der Waals surface area contributed by atoms with Crippen molar-refractivity contribution in [1.29, 1.82) is 0 Å². The number of benzene rings is 1. The molecule has 0 aliphatic carbocycles. The number of amides is 3. The summed E-state index contributed by atoms with van der Waals surface area (Å²) >= 11 is 0. The van der Waals surface area contributed by atoms with Crippen molar-refractivity contribution in [3.05, 3.63) is 53.9 Å². The van der Waals surface area contributed by atoms with Crippen molar-refractivity contribution < 1.29 is 23.9 Å². The molecule has 3 amide bonds. The van der Waals surface area contributed by atoms with Crippen molar-refractivity contribution in [2.45, 2.75) is 12.8 Å². The Bertz CT molecular complexity index is 919. The minimum absolute atomic E-state index is 0.0910. The third-order valence-corrected chi connectivity index (χ3v) is 4.90. The molecule has 1 aromatic heterocycles. The first-order valence-electron chi connectivity index (χ1n) is 9.51. The van der Waals surface area contributed by atoms with Crippen molar-refractivity contribution in [2.24, 2.45) is 5.92 Å². The van der Waals surface area contributed by atoms with Gasteiger partial charge in [0.1, 0.15) is 5.69 Å².